The minimum atomic E-state index is -4.45. The van der Waals surface area contributed by atoms with Crippen molar-refractivity contribution in [3.8, 4) is 5.75 Å². The standard InChI is InChI=1S/C20H15NO7S/c22-19(14-7-2-1-3-8-14)20(23)17-11-4-5-12-18(17)28-29(26,27)16-10-6-9-15(13-16)21(24)25/h1-13,19,22H. The molecule has 0 aliphatic carbocycles. The molecular weight excluding hydrogens is 398 g/mol. The fourth-order valence-electron chi connectivity index (χ4n) is 2.60. The molecule has 1 unspecified atom stereocenters. The molecule has 3 aromatic rings. The van der Waals surface area contributed by atoms with E-state index in [0.717, 1.165) is 18.2 Å². The lowest BCUT2D eigenvalue weighted by molar-refractivity contribution is -0.385. The lowest BCUT2D eigenvalue weighted by Gasteiger charge is -2.14. The third kappa shape index (κ3) is 4.48. The highest BCUT2D eigenvalue weighted by atomic mass is 32.2. The largest absolute Gasteiger partial charge is 0.380 e. The fraction of sp³-hybridized carbons (Fsp3) is 0.0500. The molecule has 148 valence electrons. The van der Waals surface area contributed by atoms with Crippen LogP contribution in [0.3, 0.4) is 0 Å². The van der Waals surface area contributed by atoms with Crippen LogP contribution in [0.25, 0.3) is 0 Å². The zero-order valence-corrected chi connectivity index (χ0v) is 15.7. The van der Waals surface area contributed by atoms with Gasteiger partial charge in [-0.25, -0.2) is 0 Å². The maximum Gasteiger partial charge on any atom is 0.339 e. The minimum Gasteiger partial charge on any atom is -0.380 e. The predicted octanol–water partition coefficient (Wildman–Crippen LogP) is 3.28. The molecule has 1 N–H and O–H groups in total. The van der Waals surface area contributed by atoms with Gasteiger partial charge in [-0.2, -0.15) is 8.42 Å². The number of nitro groups is 1. The number of para-hydroxylation sites is 1. The number of aliphatic hydroxyl groups excluding tert-OH is 1. The highest BCUT2D eigenvalue weighted by Crippen LogP contribution is 2.28. The lowest BCUT2D eigenvalue weighted by atomic mass is 9.99. The molecule has 0 aliphatic heterocycles. The first kappa shape index (κ1) is 20.2. The first-order chi connectivity index (χ1) is 13.8. The number of hydrogen-bond donors (Lipinski definition) is 1. The van der Waals surface area contributed by atoms with E-state index >= 15 is 0 Å². The summed E-state index contributed by atoms with van der Waals surface area (Å²) in [6.45, 7) is 0. The van der Waals surface area contributed by atoms with Crippen LogP contribution in [0.5, 0.6) is 5.75 Å². The average molecular weight is 413 g/mol. The number of nitrogens with zero attached hydrogens (tertiary/aromatic N) is 1. The van der Waals surface area contributed by atoms with Crippen LogP contribution in [-0.4, -0.2) is 24.2 Å². The summed E-state index contributed by atoms with van der Waals surface area (Å²) in [6, 6.07) is 18.1. The molecule has 0 bridgehead atoms. The van der Waals surface area contributed by atoms with Crippen molar-refractivity contribution in [3.63, 3.8) is 0 Å². The zero-order valence-electron chi connectivity index (χ0n) is 14.8. The smallest absolute Gasteiger partial charge is 0.339 e. The topological polar surface area (TPSA) is 124 Å². The number of nitro benzene ring substituents is 1. The average Bonchev–Trinajstić information content (AvgIpc) is 2.73. The van der Waals surface area contributed by atoms with Gasteiger partial charge in [0.2, 0.25) is 0 Å². The summed E-state index contributed by atoms with van der Waals surface area (Å²) in [5, 5.41) is 21.2. The van der Waals surface area contributed by atoms with Gasteiger partial charge in [0.25, 0.3) is 5.69 Å². The first-order valence-electron chi connectivity index (χ1n) is 8.35. The second kappa shape index (κ2) is 8.21. The van der Waals surface area contributed by atoms with Gasteiger partial charge in [0.05, 0.1) is 10.5 Å². The van der Waals surface area contributed by atoms with Crippen molar-refractivity contribution in [1.82, 2.24) is 0 Å². The first-order valence-corrected chi connectivity index (χ1v) is 9.75. The summed E-state index contributed by atoms with van der Waals surface area (Å²) in [6.07, 6.45) is -1.51. The number of non-ortho nitro benzene ring substituents is 1. The van der Waals surface area contributed by atoms with Crippen LogP contribution in [0, 0.1) is 10.1 Å². The molecule has 29 heavy (non-hydrogen) atoms. The van der Waals surface area contributed by atoms with Gasteiger partial charge in [0.15, 0.2) is 11.5 Å². The number of carbonyl (C=O) groups is 1. The van der Waals surface area contributed by atoms with Crippen molar-refractivity contribution in [2.45, 2.75) is 11.0 Å². The Morgan fingerprint density at radius 1 is 0.966 bits per heavy atom. The van der Waals surface area contributed by atoms with Crippen molar-refractivity contribution in [2.24, 2.45) is 0 Å². The molecule has 3 aromatic carbocycles. The van der Waals surface area contributed by atoms with E-state index in [1.54, 1.807) is 30.3 Å². The van der Waals surface area contributed by atoms with Gasteiger partial charge >= 0.3 is 10.1 Å². The molecule has 8 nitrogen and oxygen atoms in total. The highest BCUT2D eigenvalue weighted by molar-refractivity contribution is 7.87. The van der Waals surface area contributed by atoms with E-state index in [0.29, 0.717) is 5.56 Å². The van der Waals surface area contributed by atoms with E-state index in [2.05, 4.69) is 0 Å². The second-order valence-electron chi connectivity index (χ2n) is 5.97. The number of ketones is 1. The maximum absolute atomic E-state index is 12.7. The molecule has 0 amide bonds. The van der Waals surface area contributed by atoms with Gasteiger partial charge in [0.1, 0.15) is 11.0 Å². The molecule has 0 aliphatic rings. The molecule has 3 rings (SSSR count). The van der Waals surface area contributed by atoms with Gasteiger partial charge < -0.3 is 9.29 Å². The molecule has 0 spiro atoms. The Kier molecular flexibility index (Phi) is 5.71. The molecule has 0 radical (unpaired) electrons. The molecule has 0 aromatic heterocycles. The Labute approximate surface area is 166 Å². The van der Waals surface area contributed by atoms with Gasteiger partial charge in [-0.3, -0.25) is 14.9 Å². The predicted molar refractivity (Wildman–Crippen MR) is 103 cm³/mol. The normalized spacial score (nSPS) is 12.2. The minimum absolute atomic E-state index is 0.141. The number of hydrogen-bond acceptors (Lipinski definition) is 7. The van der Waals surface area contributed by atoms with Crippen LogP contribution in [0.4, 0.5) is 5.69 Å². The number of Topliss-reactive ketones (excluding diaryl/α,β-unsaturated/α-hetero) is 1. The van der Waals surface area contributed by atoms with Crippen molar-refractivity contribution in [2.75, 3.05) is 0 Å². The Morgan fingerprint density at radius 3 is 2.31 bits per heavy atom. The van der Waals surface area contributed by atoms with Crippen molar-refractivity contribution in [3.05, 3.63) is 100 Å². The third-order valence-electron chi connectivity index (χ3n) is 4.03. The highest BCUT2D eigenvalue weighted by Gasteiger charge is 2.26. The zero-order chi connectivity index (χ0) is 21.0. The van der Waals surface area contributed by atoms with Crippen molar-refractivity contribution in [1.29, 1.82) is 0 Å². The number of aliphatic hydroxyl groups is 1. The Bertz CT molecular complexity index is 1160. The van der Waals surface area contributed by atoms with Gasteiger partial charge in [0, 0.05) is 12.1 Å². The summed E-state index contributed by atoms with van der Waals surface area (Å²) in [7, 11) is -4.45. The van der Waals surface area contributed by atoms with Crippen LogP contribution in [-0.2, 0) is 10.1 Å². The Morgan fingerprint density at radius 2 is 1.62 bits per heavy atom. The summed E-state index contributed by atoms with van der Waals surface area (Å²) < 4.78 is 30.2. The number of benzene rings is 3. The molecular formula is C20H15NO7S. The van der Waals surface area contributed by atoms with Crippen LogP contribution >= 0.6 is 0 Å². The molecule has 9 heteroatoms. The molecule has 0 heterocycles. The van der Waals surface area contributed by atoms with Crippen molar-refractivity contribution < 1.29 is 27.4 Å². The van der Waals surface area contributed by atoms with E-state index in [1.807, 2.05) is 0 Å². The summed E-state index contributed by atoms with van der Waals surface area (Å²) in [5.41, 5.74) is -0.217. The monoisotopic (exact) mass is 413 g/mol. The maximum atomic E-state index is 12.7. The third-order valence-corrected chi connectivity index (χ3v) is 5.26. The van der Waals surface area contributed by atoms with E-state index in [4.69, 9.17) is 4.18 Å². The van der Waals surface area contributed by atoms with Gasteiger partial charge in [-0.05, 0) is 23.8 Å². The lowest BCUT2D eigenvalue weighted by Crippen LogP contribution is -2.16. The fourth-order valence-corrected chi connectivity index (χ4v) is 3.58. The molecule has 0 saturated heterocycles. The SMILES string of the molecule is O=C(c1ccccc1OS(=O)(=O)c1cccc([N+](=O)[O-])c1)C(O)c1ccccc1. The molecule has 0 saturated carbocycles. The van der Waals surface area contributed by atoms with E-state index in [-0.39, 0.29) is 11.3 Å². The van der Waals surface area contributed by atoms with Crippen LogP contribution in [0.15, 0.2) is 83.8 Å². The van der Waals surface area contributed by atoms with Gasteiger partial charge in [-0.1, -0.05) is 48.5 Å². The number of carbonyl (C=O) groups excluding carboxylic acids is 1. The molecule has 0 fully saturated rings. The van der Waals surface area contributed by atoms with E-state index in [9.17, 15) is 28.4 Å². The second-order valence-corrected chi connectivity index (χ2v) is 7.51. The van der Waals surface area contributed by atoms with Crippen LogP contribution in [0.1, 0.15) is 22.0 Å². The summed E-state index contributed by atoms with van der Waals surface area (Å²) in [4.78, 5) is 22.4. The van der Waals surface area contributed by atoms with Crippen LogP contribution < -0.4 is 4.18 Å². The summed E-state index contributed by atoms with van der Waals surface area (Å²) >= 11 is 0. The number of rotatable bonds is 7. The Balaban J connectivity index is 1.94. The quantitative estimate of drug-likeness (QED) is 0.273. The molecule has 1 atom stereocenters. The van der Waals surface area contributed by atoms with E-state index in [1.165, 1.54) is 30.3 Å². The summed E-state index contributed by atoms with van der Waals surface area (Å²) in [5.74, 6) is -1.04. The van der Waals surface area contributed by atoms with Crippen LogP contribution in [0.2, 0.25) is 0 Å². The Hall–Kier alpha value is -3.56. The van der Waals surface area contributed by atoms with Crippen molar-refractivity contribution >= 4 is 21.6 Å². The van der Waals surface area contributed by atoms with E-state index < -0.39 is 37.5 Å². The van der Waals surface area contributed by atoms with Gasteiger partial charge in [-0.15, -0.1) is 0 Å².